The standard InChI is InChI=1S/C11H11N2S/c1-9-7-12-13-11(9)8-14-10-5-3-2-4-6-10/h2-7H,1,8H2,(H,12,13). The van der Waals surface area contributed by atoms with Crippen molar-refractivity contribution in [3.05, 3.63) is 54.7 Å². The van der Waals surface area contributed by atoms with E-state index >= 15 is 0 Å². The third-order valence-corrected chi connectivity index (χ3v) is 2.95. The van der Waals surface area contributed by atoms with Gasteiger partial charge in [0.05, 0.1) is 5.69 Å². The average Bonchev–Trinajstić information content (AvgIpc) is 2.63. The molecule has 0 saturated carbocycles. The van der Waals surface area contributed by atoms with Gasteiger partial charge in [0.15, 0.2) is 0 Å². The van der Waals surface area contributed by atoms with Crippen molar-refractivity contribution in [3.63, 3.8) is 0 Å². The first-order chi connectivity index (χ1) is 6.86. The fraction of sp³-hybridized carbons (Fsp3) is 0.0909. The van der Waals surface area contributed by atoms with Gasteiger partial charge in [-0.25, -0.2) is 0 Å². The first-order valence-corrected chi connectivity index (χ1v) is 5.37. The fourth-order valence-electron chi connectivity index (χ4n) is 1.14. The number of thioether (sulfide) groups is 1. The molecule has 1 aromatic carbocycles. The highest BCUT2D eigenvalue weighted by Gasteiger charge is 2.01. The molecule has 0 aliphatic carbocycles. The number of rotatable bonds is 3. The number of nitrogens with zero attached hydrogens (tertiary/aromatic N) is 1. The highest BCUT2D eigenvalue weighted by atomic mass is 32.2. The van der Waals surface area contributed by atoms with Crippen molar-refractivity contribution in [1.29, 1.82) is 0 Å². The summed E-state index contributed by atoms with van der Waals surface area (Å²) in [5.74, 6) is 0.867. The monoisotopic (exact) mass is 203 g/mol. The topological polar surface area (TPSA) is 28.7 Å². The second-order valence-electron chi connectivity index (χ2n) is 2.96. The normalized spacial score (nSPS) is 10.4. The Labute approximate surface area is 87.7 Å². The van der Waals surface area contributed by atoms with E-state index in [0.717, 1.165) is 17.0 Å². The summed E-state index contributed by atoms with van der Waals surface area (Å²) in [6, 6.07) is 10.3. The van der Waals surface area contributed by atoms with Crippen molar-refractivity contribution >= 4 is 11.8 Å². The van der Waals surface area contributed by atoms with Gasteiger partial charge in [-0.1, -0.05) is 18.2 Å². The summed E-state index contributed by atoms with van der Waals surface area (Å²) in [7, 11) is 0. The maximum Gasteiger partial charge on any atom is 0.0756 e. The minimum absolute atomic E-state index is 0.867. The smallest absolute Gasteiger partial charge is 0.0756 e. The molecule has 0 bridgehead atoms. The van der Waals surface area contributed by atoms with Crippen LogP contribution in [0.5, 0.6) is 0 Å². The van der Waals surface area contributed by atoms with Crippen LogP contribution in [0.4, 0.5) is 0 Å². The Bertz CT molecular complexity index is 395. The molecular weight excluding hydrogens is 192 g/mol. The number of aromatic amines is 1. The predicted octanol–water partition coefficient (Wildman–Crippen LogP) is 2.88. The summed E-state index contributed by atoms with van der Waals surface area (Å²) in [6.45, 7) is 3.89. The molecule has 2 aromatic rings. The van der Waals surface area contributed by atoms with Crippen LogP contribution in [-0.2, 0) is 5.75 Å². The molecule has 3 heteroatoms. The molecule has 2 nitrogen and oxygen atoms in total. The molecule has 0 saturated heterocycles. The average molecular weight is 203 g/mol. The summed E-state index contributed by atoms with van der Waals surface area (Å²) < 4.78 is 0. The zero-order valence-electron chi connectivity index (χ0n) is 7.73. The Morgan fingerprint density at radius 1 is 1.29 bits per heavy atom. The van der Waals surface area contributed by atoms with Crippen molar-refractivity contribution in [2.75, 3.05) is 0 Å². The highest BCUT2D eigenvalue weighted by molar-refractivity contribution is 7.98. The van der Waals surface area contributed by atoms with Gasteiger partial charge in [-0.05, 0) is 24.6 Å². The summed E-state index contributed by atoms with van der Waals surface area (Å²) in [6.07, 6.45) is 1.82. The molecule has 2 rings (SSSR count). The molecule has 14 heavy (non-hydrogen) atoms. The quantitative estimate of drug-likeness (QED) is 0.777. The molecule has 0 aliphatic heterocycles. The lowest BCUT2D eigenvalue weighted by Crippen LogP contribution is -1.83. The van der Waals surface area contributed by atoms with Gasteiger partial charge in [0, 0.05) is 16.8 Å². The molecule has 0 spiro atoms. The zero-order valence-corrected chi connectivity index (χ0v) is 8.55. The van der Waals surface area contributed by atoms with Gasteiger partial charge in [0.1, 0.15) is 0 Å². The van der Waals surface area contributed by atoms with Crippen LogP contribution in [-0.4, -0.2) is 10.2 Å². The van der Waals surface area contributed by atoms with Gasteiger partial charge >= 0.3 is 0 Å². The first-order valence-electron chi connectivity index (χ1n) is 4.39. The van der Waals surface area contributed by atoms with Crippen LogP contribution >= 0.6 is 11.8 Å². The van der Waals surface area contributed by atoms with Crippen LogP contribution in [0.3, 0.4) is 0 Å². The van der Waals surface area contributed by atoms with Crippen molar-refractivity contribution in [2.45, 2.75) is 10.6 Å². The third-order valence-electron chi connectivity index (χ3n) is 1.93. The Hall–Kier alpha value is -1.22. The molecule has 1 N–H and O–H groups in total. The molecule has 0 unspecified atom stereocenters. The maximum atomic E-state index is 4.12. The Morgan fingerprint density at radius 3 is 2.71 bits per heavy atom. The van der Waals surface area contributed by atoms with E-state index < -0.39 is 0 Å². The third kappa shape index (κ3) is 2.17. The largest absolute Gasteiger partial charge is 0.285 e. The van der Waals surface area contributed by atoms with Crippen LogP contribution in [0.2, 0.25) is 0 Å². The molecule has 1 radical (unpaired) electrons. The molecule has 1 heterocycles. The minimum atomic E-state index is 0.867. The second-order valence-corrected chi connectivity index (χ2v) is 4.01. The van der Waals surface area contributed by atoms with Gasteiger partial charge < -0.3 is 0 Å². The van der Waals surface area contributed by atoms with E-state index in [2.05, 4.69) is 29.3 Å². The lowest BCUT2D eigenvalue weighted by molar-refractivity contribution is 1.04. The lowest BCUT2D eigenvalue weighted by Gasteiger charge is -1.98. The van der Waals surface area contributed by atoms with Crippen molar-refractivity contribution in [3.8, 4) is 0 Å². The highest BCUT2D eigenvalue weighted by Crippen LogP contribution is 2.22. The number of H-pyrrole nitrogens is 1. The van der Waals surface area contributed by atoms with Gasteiger partial charge in [-0.3, -0.25) is 5.10 Å². The summed E-state index contributed by atoms with van der Waals surface area (Å²) >= 11 is 1.77. The van der Waals surface area contributed by atoms with Crippen molar-refractivity contribution < 1.29 is 0 Å². The molecule has 1 aromatic heterocycles. The number of nitrogens with one attached hydrogen (secondary N) is 1. The molecule has 0 amide bonds. The van der Waals surface area contributed by atoms with Gasteiger partial charge in [-0.2, -0.15) is 5.10 Å². The van der Waals surface area contributed by atoms with E-state index in [1.54, 1.807) is 11.8 Å². The number of aromatic nitrogens is 2. The first kappa shape index (κ1) is 9.34. The van der Waals surface area contributed by atoms with Gasteiger partial charge in [0.25, 0.3) is 0 Å². The number of hydrogen-bond donors (Lipinski definition) is 1. The van der Waals surface area contributed by atoms with Crippen molar-refractivity contribution in [1.82, 2.24) is 10.2 Å². The Morgan fingerprint density at radius 2 is 2.07 bits per heavy atom. The van der Waals surface area contributed by atoms with Gasteiger partial charge in [-0.15, -0.1) is 11.8 Å². The van der Waals surface area contributed by atoms with Gasteiger partial charge in [0.2, 0.25) is 0 Å². The summed E-state index contributed by atoms with van der Waals surface area (Å²) in [5.41, 5.74) is 2.01. The van der Waals surface area contributed by atoms with Crippen LogP contribution in [0, 0.1) is 6.92 Å². The minimum Gasteiger partial charge on any atom is -0.285 e. The van der Waals surface area contributed by atoms with E-state index in [1.807, 2.05) is 24.4 Å². The maximum absolute atomic E-state index is 4.12. The summed E-state index contributed by atoms with van der Waals surface area (Å²) in [5, 5.41) is 6.93. The second kappa shape index (κ2) is 4.33. The SMILES string of the molecule is [CH2]c1c[nH]nc1CSc1ccccc1. The summed E-state index contributed by atoms with van der Waals surface area (Å²) in [4.78, 5) is 1.26. The van der Waals surface area contributed by atoms with Crippen molar-refractivity contribution in [2.24, 2.45) is 0 Å². The molecular formula is C11H11N2S. The van der Waals surface area contributed by atoms with E-state index in [-0.39, 0.29) is 0 Å². The molecule has 0 aliphatic rings. The van der Waals surface area contributed by atoms with Crippen LogP contribution in [0.15, 0.2) is 41.4 Å². The van der Waals surface area contributed by atoms with E-state index in [1.165, 1.54) is 4.90 Å². The Kier molecular flexibility index (Phi) is 2.89. The van der Waals surface area contributed by atoms with E-state index in [0.29, 0.717) is 0 Å². The van der Waals surface area contributed by atoms with Crippen LogP contribution in [0.1, 0.15) is 11.3 Å². The number of benzene rings is 1. The number of hydrogen-bond acceptors (Lipinski definition) is 2. The molecule has 0 atom stereocenters. The fourth-order valence-corrected chi connectivity index (χ4v) is 2.04. The zero-order chi connectivity index (χ0) is 9.80. The predicted molar refractivity (Wildman–Crippen MR) is 59.0 cm³/mol. The van der Waals surface area contributed by atoms with Crippen LogP contribution in [0.25, 0.3) is 0 Å². The van der Waals surface area contributed by atoms with E-state index in [9.17, 15) is 0 Å². The Balaban J connectivity index is 1.99. The lowest BCUT2D eigenvalue weighted by atomic mass is 10.3. The molecule has 0 fully saturated rings. The van der Waals surface area contributed by atoms with Crippen LogP contribution < -0.4 is 0 Å². The van der Waals surface area contributed by atoms with E-state index in [4.69, 9.17) is 0 Å². The molecule has 71 valence electrons.